The Balaban J connectivity index is 1.45. The van der Waals surface area contributed by atoms with Gasteiger partial charge in [-0.15, -0.1) is 11.3 Å². The van der Waals surface area contributed by atoms with Gasteiger partial charge in [0.1, 0.15) is 5.82 Å². The number of amides is 1. The molecular weight excluding hydrogens is 346 g/mol. The average Bonchev–Trinajstić information content (AvgIpc) is 3.24. The highest BCUT2D eigenvalue weighted by molar-refractivity contribution is 7.17. The second-order valence-corrected chi connectivity index (χ2v) is 7.32. The van der Waals surface area contributed by atoms with Crippen LogP contribution in [-0.4, -0.2) is 40.4 Å². The van der Waals surface area contributed by atoms with Gasteiger partial charge >= 0.3 is 0 Å². The molecule has 26 heavy (non-hydrogen) atoms. The third-order valence-electron chi connectivity index (χ3n) is 4.58. The molecule has 1 aromatic carbocycles. The van der Waals surface area contributed by atoms with Crippen LogP contribution >= 0.6 is 11.3 Å². The van der Waals surface area contributed by atoms with Gasteiger partial charge in [0.25, 0.3) is 0 Å². The van der Waals surface area contributed by atoms with Crippen LogP contribution in [0.4, 0.5) is 11.8 Å². The van der Waals surface area contributed by atoms with Crippen molar-refractivity contribution in [2.24, 2.45) is 0 Å². The Hall–Kier alpha value is -2.67. The Morgan fingerprint density at radius 2 is 2.15 bits per heavy atom. The molecule has 2 aromatic heterocycles. The highest BCUT2D eigenvalue weighted by atomic mass is 32.1. The maximum atomic E-state index is 11.6. The quantitative estimate of drug-likeness (QED) is 0.653. The van der Waals surface area contributed by atoms with Crippen molar-refractivity contribution in [1.29, 1.82) is 0 Å². The second kappa shape index (κ2) is 7.29. The van der Waals surface area contributed by atoms with Crippen molar-refractivity contribution >= 4 is 39.1 Å². The molecule has 3 aromatic rings. The summed E-state index contributed by atoms with van der Waals surface area (Å²) in [5, 5.41) is 6.59. The predicted molar refractivity (Wildman–Crippen MR) is 106 cm³/mol. The molecule has 0 spiro atoms. The summed E-state index contributed by atoms with van der Waals surface area (Å²) >= 11 is 1.70. The van der Waals surface area contributed by atoms with E-state index in [1.165, 1.54) is 10.1 Å². The fourth-order valence-electron chi connectivity index (χ4n) is 3.30. The molecule has 1 saturated heterocycles. The number of carbonyl (C=O) groups is 1. The number of carbonyl (C=O) groups excluding carboxylic acids is 1. The zero-order valence-corrected chi connectivity index (χ0v) is 15.3. The van der Waals surface area contributed by atoms with E-state index in [2.05, 4.69) is 32.8 Å². The van der Waals surface area contributed by atoms with Gasteiger partial charge in [-0.1, -0.05) is 18.2 Å². The van der Waals surface area contributed by atoms with Crippen LogP contribution < -0.4 is 11.1 Å². The van der Waals surface area contributed by atoms with Crippen molar-refractivity contribution in [3.8, 4) is 11.3 Å². The van der Waals surface area contributed by atoms with E-state index in [9.17, 15) is 4.79 Å². The van der Waals surface area contributed by atoms with Gasteiger partial charge in [0.05, 0.1) is 5.69 Å². The molecule has 7 heteroatoms. The monoisotopic (exact) mass is 367 g/mol. The Morgan fingerprint density at radius 1 is 1.27 bits per heavy atom. The van der Waals surface area contributed by atoms with Crippen LogP contribution in [-0.2, 0) is 4.79 Å². The maximum Gasteiger partial charge on any atom is 0.222 e. The molecule has 1 aliphatic heterocycles. The highest BCUT2D eigenvalue weighted by Gasteiger charge is 2.19. The van der Waals surface area contributed by atoms with E-state index in [4.69, 9.17) is 5.73 Å². The van der Waals surface area contributed by atoms with Gasteiger partial charge in [0, 0.05) is 53.2 Å². The number of nitrogen functional groups attached to an aromatic ring is 1. The molecule has 1 aliphatic rings. The van der Waals surface area contributed by atoms with Crippen molar-refractivity contribution in [3.63, 3.8) is 0 Å². The minimum atomic E-state index is 0.259. The first-order valence-electron chi connectivity index (χ1n) is 8.83. The number of hydrogen-bond donors (Lipinski definition) is 2. The summed E-state index contributed by atoms with van der Waals surface area (Å²) in [4.78, 5) is 22.3. The Labute approximate surface area is 156 Å². The van der Waals surface area contributed by atoms with Crippen LogP contribution in [0.25, 0.3) is 21.3 Å². The number of benzene rings is 1. The van der Waals surface area contributed by atoms with Crippen molar-refractivity contribution in [2.75, 3.05) is 30.7 Å². The van der Waals surface area contributed by atoms with Crippen molar-refractivity contribution in [1.82, 2.24) is 14.9 Å². The summed E-state index contributed by atoms with van der Waals surface area (Å²) in [7, 11) is 0. The maximum absolute atomic E-state index is 11.6. The standard InChI is InChI=1S/C19H21N5OS/c20-19-22-15(14-12-26-16-6-2-1-5-13(14)16)11-17(23-19)21-8-4-10-24-9-3-7-18(24)25/h1-2,5-6,11-12H,3-4,7-10H2,(H3,20,21,22,23). The lowest BCUT2D eigenvalue weighted by Gasteiger charge is -2.15. The van der Waals surface area contributed by atoms with Gasteiger partial charge in [-0.2, -0.15) is 4.98 Å². The van der Waals surface area contributed by atoms with Crippen LogP contribution in [0, 0.1) is 0 Å². The molecule has 6 nitrogen and oxygen atoms in total. The van der Waals surface area contributed by atoms with Gasteiger partial charge < -0.3 is 16.0 Å². The van der Waals surface area contributed by atoms with Crippen molar-refractivity contribution < 1.29 is 4.79 Å². The minimum Gasteiger partial charge on any atom is -0.370 e. The van der Waals surface area contributed by atoms with Crippen LogP contribution in [0.5, 0.6) is 0 Å². The summed E-state index contributed by atoms with van der Waals surface area (Å²) in [6, 6.07) is 10.2. The summed E-state index contributed by atoms with van der Waals surface area (Å²) in [5.41, 5.74) is 7.82. The Bertz CT molecular complexity index is 939. The fourth-order valence-corrected chi connectivity index (χ4v) is 4.25. The lowest BCUT2D eigenvalue weighted by atomic mass is 10.1. The van der Waals surface area contributed by atoms with E-state index < -0.39 is 0 Å². The zero-order valence-electron chi connectivity index (χ0n) is 14.4. The largest absolute Gasteiger partial charge is 0.370 e. The number of hydrogen-bond acceptors (Lipinski definition) is 6. The number of likely N-dealkylation sites (tertiary alicyclic amines) is 1. The Morgan fingerprint density at radius 3 is 3.00 bits per heavy atom. The molecule has 0 unspecified atom stereocenters. The molecule has 0 atom stereocenters. The van der Waals surface area contributed by atoms with Crippen molar-refractivity contribution in [2.45, 2.75) is 19.3 Å². The minimum absolute atomic E-state index is 0.259. The van der Waals surface area contributed by atoms with Gasteiger partial charge in [-0.3, -0.25) is 4.79 Å². The topological polar surface area (TPSA) is 84.1 Å². The Kier molecular flexibility index (Phi) is 4.71. The number of fused-ring (bicyclic) bond motifs is 1. The molecule has 1 amide bonds. The first-order valence-corrected chi connectivity index (χ1v) is 9.71. The molecule has 1 fully saturated rings. The molecule has 0 saturated carbocycles. The number of aromatic nitrogens is 2. The van der Waals surface area contributed by atoms with Crippen LogP contribution in [0.15, 0.2) is 35.7 Å². The average molecular weight is 367 g/mol. The first-order chi connectivity index (χ1) is 12.7. The number of anilines is 2. The predicted octanol–water partition coefficient (Wildman–Crippen LogP) is 3.36. The zero-order chi connectivity index (χ0) is 17.9. The summed E-state index contributed by atoms with van der Waals surface area (Å²) in [6.45, 7) is 2.41. The number of nitrogens with two attached hydrogens (primary N) is 1. The number of nitrogens with zero attached hydrogens (tertiary/aromatic N) is 3. The van der Waals surface area contributed by atoms with Gasteiger partial charge in [-0.25, -0.2) is 4.98 Å². The van der Waals surface area contributed by atoms with E-state index in [0.717, 1.165) is 49.6 Å². The molecular formula is C19H21N5OS. The lowest BCUT2D eigenvalue weighted by molar-refractivity contribution is -0.127. The van der Waals surface area contributed by atoms with E-state index in [0.29, 0.717) is 6.42 Å². The molecule has 0 radical (unpaired) electrons. The van der Waals surface area contributed by atoms with Crippen LogP contribution in [0.2, 0.25) is 0 Å². The summed E-state index contributed by atoms with van der Waals surface area (Å²) in [6.07, 6.45) is 2.55. The fraction of sp³-hybridized carbons (Fsp3) is 0.316. The third kappa shape index (κ3) is 3.48. The first kappa shape index (κ1) is 16.8. The van der Waals surface area contributed by atoms with Crippen molar-refractivity contribution in [3.05, 3.63) is 35.7 Å². The highest BCUT2D eigenvalue weighted by Crippen LogP contribution is 2.33. The van der Waals surface area contributed by atoms with E-state index in [1.54, 1.807) is 11.3 Å². The van der Waals surface area contributed by atoms with E-state index >= 15 is 0 Å². The van der Waals surface area contributed by atoms with E-state index in [1.807, 2.05) is 23.1 Å². The van der Waals surface area contributed by atoms with Crippen LogP contribution in [0.3, 0.4) is 0 Å². The molecule has 0 bridgehead atoms. The van der Waals surface area contributed by atoms with E-state index in [-0.39, 0.29) is 11.9 Å². The van der Waals surface area contributed by atoms with Gasteiger partial charge in [0.2, 0.25) is 11.9 Å². The number of rotatable bonds is 6. The lowest BCUT2D eigenvalue weighted by Crippen LogP contribution is -2.27. The molecule has 3 heterocycles. The van der Waals surface area contributed by atoms with Crippen LogP contribution in [0.1, 0.15) is 19.3 Å². The number of thiophene rings is 1. The third-order valence-corrected chi connectivity index (χ3v) is 5.55. The molecule has 134 valence electrons. The molecule has 4 rings (SSSR count). The molecule has 0 aliphatic carbocycles. The second-order valence-electron chi connectivity index (χ2n) is 6.41. The smallest absolute Gasteiger partial charge is 0.222 e. The van der Waals surface area contributed by atoms with Gasteiger partial charge in [0.15, 0.2) is 0 Å². The molecule has 3 N–H and O–H groups in total. The normalized spacial score (nSPS) is 14.3. The SMILES string of the molecule is Nc1nc(NCCCN2CCCC2=O)cc(-c2csc3ccccc23)n1. The number of nitrogens with one attached hydrogen (secondary N) is 1. The van der Waals surface area contributed by atoms with Gasteiger partial charge in [-0.05, 0) is 18.9 Å². The summed E-state index contributed by atoms with van der Waals surface area (Å²) in [5.74, 6) is 1.24. The summed E-state index contributed by atoms with van der Waals surface area (Å²) < 4.78 is 1.23.